The van der Waals surface area contributed by atoms with Gasteiger partial charge < -0.3 is 9.94 Å². The van der Waals surface area contributed by atoms with Crippen molar-refractivity contribution < 1.29 is 9.94 Å². The largest absolute Gasteiger partial charge is 0.508 e. The summed E-state index contributed by atoms with van der Waals surface area (Å²) in [5.74, 6) is 0.341. The summed E-state index contributed by atoms with van der Waals surface area (Å²) in [6.45, 7) is 4.48. The number of aryl methyl sites for hydroxylation is 1. The molecule has 0 saturated heterocycles. The molecule has 1 aromatic rings. The molecule has 0 amide bonds. The Morgan fingerprint density at radius 3 is 2.62 bits per heavy atom. The topological polar surface area (TPSA) is 41.5 Å². The predicted octanol–water partition coefficient (Wildman–Crippen LogP) is 1.66. The Morgan fingerprint density at radius 1 is 1.38 bits per heavy atom. The molecule has 0 bridgehead atoms. The van der Waals surface area contributed by atoms with Gasteiger partial charge in [0.05, 0.1) is 7.11 Å². The van der Waals surface area contributed by atoms with Crippen LogP contribution in [0.5, 0.6) is 5.75 Å². The van der Waals surface area contributed by atoms with Crippen molar-refractivity contribution in [2.24, 2.45) is 0 Å². The van der Waals surface area contributed by atoms with E-state index in [0.29, 0.717) is 12.3 Å². The molecule has 3 nitrogen and oxygen atoms in total. The summed E-state index contributed by atoms with van der Waals surface area (Å²) >= 11 is 0. The Hall–Kier alpha value is -1.06. The molecule has 0 aromatic heterocycles. The summed E-state index contributed by atoms with van der Waals surface area (Å²) in [6.07, 6.45) is 0. The molecule has 0 saturated carbocycles. The first-order valence-corrected chi connectivity index (χ1v) is 4.20. The van der Waals surface area contributed by atoms with Crippen LogP contribution in [0, 0.1) is 13.8 Å². The lowest BCUT2D eigenvalue weighted by atomic mass is 10.1. The maximum Gasteiger partial charge on any atom is 0.119 e. The van der Waals surface area contributed by atoms with Crippen molar-refractivity contribution in [3.8, 4) is 5.75 Å². The molecule has 0 spiro atoms. The molecule has 1 rings (SSSR count). The second-order valence-electron chi connectivity index (χ2n) is 3.08. The number of phenolic OH excluding ortho intramolecular Hbond substituents is 1. The van der Waals surface area contributed by atoms with Crippen LogP contribution in [-0.2, 0) is 11.4 Å². The number of benzene rings is 1. The highest BCUT2D eigenvalue weighted by Crippen LogP contribution is 2.21. The fraction of sp³-hybridized carbons (Fsp3) is 0.400. The van der Waals surface area contributed by atoms with E-state index < -0.39 is 0 Å². The molecule has 1 aromatic carbocycles. The van der Waals surface area contributed by atoms with E-state index in [1.165, 1.54) is 0 Å². The van der Waals surface area contributed by atoms with Crippen molar-refractivity contribution in [2.45, 2.75) is 20.4 Å². The number of nitrogens with one attached hydrogen (secondary N) is 1. The van der Waals surface area contributed by atoms with E-state index in [1.807, 2.05) is 19.9 Å². The van der Waals surface area contributed by atoms with Crippen LogP contribution in [0.25, 0.3) is 0 Å². The first-order chi connectivity index (χ1) is 6.15. The summed E-state index contributed by atoms with van der Waals surface area (Å²) in [5, 5.41) is 9.51. The van der Waals surface area contributed by atoms with Crippen LogP contribution in [0.2, 0.25) is 0 Å². The van der Waals surface area contributed by atoms with E-state index in [1.54, 1.807) is 13.2 Å². The second kappa shape index (κ2) is 4.25. The monoisotopic (exact) mass is 181 g/mol. The number of hydrogen-bond donors (Lipinski definition) is 2. The fourth-order valence-corrected chi connectivity index (χ4v) is 1.17. The summed E-state index contributed by atoms with van der Waals surface area (Å²) in [5.41, 5.74) is 5.77. The molecule has 0 unspecified atom stereocenters. The molecule has 3 heteroatoms. The predicted molar refractivity (Wildman–Crippen MR) is 51.4 cm³/mol. The Morgan fingerprint density at radius 2 is 2.08 bits per heavy atom. The van der Waals surface area contributed by atoms with Gasteiger partial charge in [-0.1, -0.05) is 6.07 Å². The first kappa shape index (κ1) is 10.0. The highest BCUT2D eigenvalue weighted by Gasteiger charge is 2.02. The lowest BCUT2D eigenvalue weighted by Gasteiger charge is -2.07. The zero-order chi connectivity index (χ0) is 9.84. The molecule has 0 heterocycles. The van der Waals surface area contributed by atoms with Gasteiger partial charge in [0.15, 0.2) is 0 Å². The number of hydrogen-bond acceptors (Lipinski definition) is 3. The minimum atomic E-state index is 0.341. The van der Waals surface area contributed by atoms with Gasteiger partial charge in [0.2, 0.25) is 0 Å². The van der Waals surface area contributed by atoms with Crippen LogP contribution in [0.1, 0.15) is 16.7 Å². The minimum absolute atomic E-state index is 0.341. The molecule has 0 aliphatic rings. The average Bonchev–Trinajstić information content (AvgIpc) is 2.10. The maximum absolute atomic E-state index is 9.51. The zero-order valence-corrected chi connectivity index (χ0v) is 8.22. The number of phenols is 1. The van der Waals surface area contributed by atoms with E-state index in [4.69, 9.17) is 4.84 Å². The fourth-order valence-electron chi connectivity index (χ4n) is 1.17. The Labute approximate surface area is 78.3 Å². The van der Waals surface area contributed by atoms with Crippen molar-refractivity contribution in [3.63, 3.8) is 0 Å². The third-order valence-corrected chi connectivity index (χ3v) is 2.12. The van der Waals surface area contributed by atoms with Gasteiger partial charge in [-0.2, -0.15) is 5.48 Å². The van der Waals surface area contributed by atoms with Crippen molar-refractivity contribution in [1.29, 1.82) is 0 Å². The lowest BCUT2D eigenvalue weighted by Crippen LogP contribution is -2.10. The van der Waals surface area contributed by atoms with Gasteiger partial charge in [-0.25, -0.2) is 0 Å². The quantitative estimate of drug-likeness (QED) is 0.697. The van der Waals surface area contributed by atoms with E-state index in [-0.39, 0.29) is 0 Å². The van der Waals surface area contributed by atoms with Gasteiger partial charge in [-0.3, -0.25) is 0 Å². The molecular formula is C10H15NO2. The van der Waals surface area contributed by atoms with Crippen molar-refractivity contribution >= 4 is 0 Å². The van der Waals surface area contributed by atoms with Crippen molar-refractivity contribution in [2.75, 3.05) is 7.11 Å². The SMILES string of the molecule is CONCc1cc(C)c(C)c(O)c1. The first-order valence-electron chi connectivity index (χ1n) is 4.20. The Balaban J connectivity index is 2.86. The normalized spacial score (nSPS) is 10.4. The molecule has 0 fully saturated rings. The summed E-state index contributed by atoms with van der Waals surface area (Å²) in [7, 11) is 1.57. The number of rotatable bonds is 3. The Bertz CT molecular complexity index is 274. The van der Waals surface area contributed by atoms with Crippen molar-refractivity contribution in [3.05, 3.63) is 28.8 Å². The van der Waals surface area contributed by atoms with E-state index >= 15 is 0 Å². The van der Waals surface area contributed by atoms with Crippen LogP contribution >= 0.6 is 0 Å². The molecule has 0 atom stereocenters. The van der Waals surface area contributed by atoms with Gasteiger partial charge in [0.1, 0.15) is 5.75 Å². The average molecular weight is 181 g/mol. The van der Waals surface area contributed by atoms with E-state index in [0.717, 1.165) is 16.7 Å². The maximum atomic E-state index is 9.51. The van der Waals surface area contributed by atoms with Crippen LogP contribution in [0.3, 0.4) is 0 Å². The third kappa shape index (κ3) is 2.44. The summed E-state index contributed by atoms with van der Waals surface area (Å²) in [4.78, 5) is 4.72. The molecule has 72 valence electrons. The third-order valence-electron chi connectivity index (χ3n) is 2.12. The molecular weight excluding hydrogens is 166 g/mol. The standard InChI is InChI=1S/C10H15NO2/c1-7-4-9(6-11-13-3)5-10(12)8(7)2/h4-5,11-12H,6H2,1-3H3. The van der Waals surface area contributed by atoms with Gasteiger partial charge in [-0.15, -0.1) is 0 Å². The van der Waals surface area contributed by atoms with Crippen LogP contribution < -0.4 is 5.48 Å². The zero-order valence-electron chi connectivity index (χ0n) is 8.22. The molecule has 0 radical (unpaired) electrons. The molecule has 0 aliphatic heterocycles. The van der Waals surface area contributed by atoms with E-state index in [2.05, 4.69) is 5.48 Å². The number of aromatic hydroxyl groups is 1. The molecule has 13 heavy (non-hydrogen) atoms. The van der Waals surface area contributed by atoms with Gasteiger partial charge in [0, 0.05) is 6.54 Å². The highest BCUT2D eigenvalue weighted by molar-refractivity contribution is 5.41. The van der Waals surface area contributed by atoms with Gasteiger partial charge >= 0.3 is 0 Å². The second-order valence-corrected chi connectivity index (χ2v) is 3.08. The molecule has 0 aliphatic carbocycles. The highest BCUT2D eigenvalue weighted by atomic mass is 16.6. The minimum Gasteiger partial charge on any atom is -0.508 e. The smallest absolute Gasteiger partial charge is 0.119 e. The van der Waals surface area contributed by atoms with Crippen LogP contribution in [-0.4, -0.2) is 12.2 Å². The van der Waals surface area contributed by atoms with Crippen molar-refractivity contribution in [1.82, 2.24) is 5.48 Å². The summed E-state index contributed by atoms with van der Waals surface area (Å²) < 4.78 is 0. The van der Waals surface area contributed by atoms with Gasteiger partial charge in [0.25, 0.3) is 0 Å². The Kier molecular flexibility index (Phi) is 3.28. The lowest BCUT2D eigenvalue weighted by molar-refractivity contribution is 0.0866. The van der Waals surface area contributed by atoms with Crippen LogP contribution in [0.4, 0.5) is 0 Å². The molecule has 2 N–H and O–H groups in total. The number of hydroxylamine groups is 1. The van der Waals surface area contributed by atoms with E-state index in [9.17, 15) is 5.11 Å². The van der Waals surface area contributed by atoms with Gasteiger partial charge in [-0.05, 0) is 36.6 Å². The summed E-state index contributed by atoms with van der Waals surface area (Å²) in [6, 6.07) is 3.77. The van der Waals surface area contributed by atoms with Crippen LogP contribution in [0.15, 0.2) is 12.1 Å².